The maximum Gasteiger partial charge on any atom is 0.305 e. The molecule has 0 aliphatic carbocycles. The maximum absolute atomic E-state index is 13.6. The molecule has 4 aromatic rings. The van der Waals surface area contributed by atoms with Crippen molar-refractivity contribution < 1.29 is 23.5 Å². The molecule has 1 amide bonds. The van der Waals surface area contributed by atoms with Gasteiger partial charge in [0, 0.05) is 69.2 Å². The molecule has 0 saturated carbocycles. The number of rotatable bonds is 14. The van der Waals surface area contributed by atoms with Gasteiger partial charge in [-0.05, 0) is 51.7 Å². The van der Waals surface area contributed by atoms with Gasteiger partial charge >= 0.3 is 5.97 Å². The third-order valence-electron chi connectivity index (χ3n) is 8.16. The van der Waals surface area contributed by atoms with Crippen LogP contribution in [0.3, 0.4) is 0 Å². The number of esters is 1. The third-order valence-corrected chi connectivity index (χ3v) is 8.16. The molecule has 5 rings (SSSR count). The molecule has 0 spiro atoms. The van der Waals surface area contributed by atoms with Crippen molar-refractivity contribution >= 4 is 29.5 Å². The number of hydrogen-bond acceptors (Lipinski definition) is 11. The summed E-state index contributed by atoms with van der Waals surface area (Å²) in [5.74, 6) is 1.41. The standard InChI is InChI=1S/C32H41FN10O4/c1-5-47-29(44)9-7-6-8-25-17-26(38-27-16-21(2)40-41-27)39-31(37-25)42-14-12-32(46-4,13-15-42)30(45)36-22(3)23-10-11-28(34-18-23)43-20-24(33)19-35-43/h10-11,16-20,22H,5-9,12-15H2,1-4H3,(H,36,45)(H2,37,38,39,40,41)/t22-/m0/s1. The van der Waals surface area contributed by atoms with Gasteiger partial charge in [-0.25, -0.2) is 19.0 Å². The van der Waals surface area contributed by atoms with Gasteiger partial charge in [-0.3, -0.25) is 14.7 Å². The van der Waals surface area contributed by atoms with E-state index in [0.717, 1.165) is 29.6 Å². The molecule has 1 aliphatic rings. The summed E-state index contributed by atoms with van der Waals surface area (Å²) in [4.78, 5) is 41.4. The molecule has 3 N–H and O–H groups in total. The molecule has 1 aliphatic heterocycles. The number of ether oxygens (including phenoxy) is 2. The van der Waals surface area contributed by atoms with Gasteiger partial charge in [0.15, 0.2) is 17.5 Å². The number of unbranched alkanes of at least 4 members (excludes halogenated alkanes) is 1. The first-order valence-electron chi connectivity index (χ1n) is 15.8. The quantitative estimate of drug-likeness (QED) is 0.133. The predicted molar refractivity (Wildman–Crippen MR) is 172 cm³/mol. The van der Waals surface area contributed by atoms with E-state index in [1.165, 1.54) is 10.9 Å². The van der Waals surface area contributed by atoms with Gasteiger partial charge in [0.1, 0.15) is 11.4 Å². The third kappa shape index (κ3) is 8.47. The largest absolute Gasteiger partial charge is 0.466 e. The summed E-state index contributed by atoms with van der Waals surface area (Å²) in [5.41, 5.74) is 1.52. The van der Waals surface area contributed by atoms with E-state index in [-0.39, 0.29) is 17.9 Å². The molecular formula is C32H41FN10O4. The Kier molecular flexibility index (Phi) is 10.8. The van der Waals surface area contributed by atoms with Crippen molar-refractivity contribution in [1.82, 2.24) is 40.2 Å². The zero-order chi connectivity index (χ0) is 33.4. The van der Waals surface area contributed by atoms with E-state index < -0.39 is 11.4 Å². The van der Waals surface area contributed by atoms with Crippen LogP contribution in [0.15, 0.2) is 42.9 Å². The Morgan fingerprint density at radius 2 is 1.94 bits per heavy atom. The number of piperidine rings is 1. The number of halogens is 1. The molecule has 14 nitrogen and oxygen atoms in total. The number of carbonyl (C=O) groups excluding carboxylic acids is 2. The van der Waals surface area contributed by atoms with Gasteiger partial charge in [0.25, 0.3) is 5.91 Å². The summed E-state index contributed by atoms with van der Waals surface area (Å²) in [6.07, 6.45) is 7.34. The topological polar surface area (TPSA) is 165 Å². The van der Waals surface area contributed by atoms with E-state index in [9.17, 15) is 14.0 Å². The number of hydrogen-bond donors (Lipinski definition) is 3. The number of methoxy groups -OCH3 is 1. The van der Waals surface area contributed by atoms with Crippen molar-refractivity contribution in [3.8, 4) is 5.82 Å². The maximum atomic E-state index is 13.6. The summed E-state index contributed by atoms with van der Waals surface area (Å²) >= 11 is 0. The lowest BCUT2D eigenvalue weighted by molar-refractivity contribution is -0.147. The predicted octanol–water partition coefficient (Wildman–Crippen LogP) is 4.11. The van der Waals surface area contributed by atoms with Crippen LogP contribution < -0.4 is 15.5 Å². The molecule has 0 unspecified atom stereocenters. The zero-order valence-electron chi connectivity index (χ0n) is 27.1. The van der Waals surface area contributed by atoms with Gasteiger partial charge < -0.3 is 25.0 Å². The monoisotopic (exact) mass is 648 g/mol. The average Bonchev–Trinajstić information content (AvgIpc) is 3.70. The molecule has 0 bridgehead atoms. The van der Waals surface area contributed by atoms with Gasteiger partial charge in [0.2, 0.25) is 5.95 Å². The first-order chi connectivity index (χ1) is 22.7. The van der Waals surface area contributed by atoms with E-state index in [0.29, 0.717) is 75.2 Å². The Morgan fingerprint density at radius 1 is 1.13 bits per heavy atom. The fraction of sp³-hybridized carbons (Fsp3) is 0.469. The highest BCUT2D eigenvalue weighted by Crippen LogP contribution is 2.30. The van der Waals surface area contributed by atoms with Crippen LogP contribution in [0.4, 0.5) is 22.0 Å². The highest BCUT2D eigenvalue weighted by atomic mass is 19.1. The van der Waals surface area contributed by atoms with Crippen molar-refractivity contribution in [1.29, 1.82) is 0 Å². The molecule has 0 aromatic carbocycles. The van der Waals surface area contributed by atoms with Crippen LogP contribution >= 0.6 is 0 Å². The fourth-order valence-electron chi connectivity index (χ4n) is 5.46. The smallest absolute Gasteiger partial charge is 0.305 e. The highest BCUT2D eigenvalue weighted by molar-refractivity contribution is 5.86. The molecule has 1 saturated heterocycles. The lowest BCUT2D eigenvalue weighted by Crippen LogP contribution is -2.55. The molecule has 5 heterocycles. The fourth-order valence-corrected chi connectivity index (χ4v) is 5.46. The van der Waals surface area contributed by atoms with Crippen molar-refractivity contribution in [3.05, 3.63) is 65.6 Å². The second-order valence-corrected chi connectivity index (χ2v) is 11.6. The van der Waals surface area contributed by atoms with Gasteiger partial charge in [-0.15, -0.1) is 0 Å². The number of anilines is 3. The number of pyridine rings is 1. The van der Waals surface area contributed by atoms with Gasteiger partial charge in [-0.2, -0.15) is 15.2 Å². The summed E-state index contributed by atoms with van der Waals surface area (Å²) in [5, 5.41) is 17.5. The Hall–Kier alpha value is -4.92. The minimum absolute atomic E-state index is 0.196. The Balaban J connectivity index is 1.23. The number of carbonyl (C=O) groups is 2. The van der Waals surface area contributed by atoms with E-state index in [1.54, 1.807) is 26.3 Å². The molecule has 1 atom stereocenters. The Labute approximate surface area is 272 Å². The summed E-state index contributed by atoms with van der Waals surface area (Å²) in [6.45, 7) is 6.97. The van der Waals surface area contributed by atoms with Crippen molar-refractivity contribution in [2.24, 2.45) is 0 Å². The number of H-pyrrole nitrogens is 1. The van der Waals surface area contributed by atoms with Crippen LogP contribution in [0, 0.1) is 12.7 Å². The van der Waals surface area contributed by atoms with Crippen LogP contribution in [0.5, 0.6) is 0 Å². The molecule has 47 heavy (non-hydrogen) atoms. The van der Waals surface area contributed by atoms with Crippen LogP contribution in [-0.4, -0.2) is 79.2 Å². The summed E-state index contributed by atoms with van der Waals surface area (Å²) in [6, 6.07) is 6.99. The molecule has 0 radical (unpaired) electrons. The van der Waals surface area contributed by atoms with Gasteiger partial charge in [0.05, 0.1) is 25.0 Å². The summed E-state index contributed by atoms with van der Waals surface area (Å²) in [7, 11) is 1.56. The first-order valence-corrected chi connectivity index (χ1v) is 15.8. The van der Waals surface area contributed by atoms with E-state index >= 15 is 0 Å². The Morgan fingerprint density at radius 3 is 2.57 bits per heavy atom. The number of nitrogens with one attached hydrogen (secondary N) is 3. The Bertz CT molecular complexity index is 1650. The van der Waals surface area contributed by atoms with Crippen LogP contribution in [0.25, 0.3) is 5.82 Å². The molecule has 4 aromatic heterocycles. The molecule has 15 heteroatoms. The van der Waals surface area contributed by atoms with Crippen LogP contribution in [0.2, 0.25) is 0 Å². The van der Waals surface area contributed by atoms with Crippen molar-refractivity contribution in [2.45, 2.75) is 70.9 Å². The first kappa shape index (κ1) is 33.4. The number of nitrogens with zero attached hydrogens (tertiary/aromatic N) is 7. The lowest BCUT2D eigenvalue weighted by atomic mass is 9.89. The van der Waals surface area contributed by atoms with E-state index in [4.69, 9.17) is 19.4 Å². The van der Waals surface area contributed by atoms with E-state index in [2.05, 4.69) is 35.8 Å². The van der Waals surface area contributed by atoms with Crippen LogP contribution in [0.1, 0.15) is 68.9 Å². The van der Waals surface area contributed by atoms with Crippen molar-refractivity contribution in [2.75, 3.05) is 37.0 Å². The summed E-state index contributed by atoms with van der Waals surface area (Å²) < 4.78 is 25.6. The average molecular weight is 649 g/mol. The zero-order valence-corrected chi connectivity index (χ0v) is 27.1. The second kappa shape index (κ2) is 15.1. The number of amides is 1. The van der Waals surface area contributed by atoms with E-state index in [1.807, 2.05) is 32.0 Å². The highest BCUT2D eigenvalue weighted by Gasteiger charge is 2.42. The minimum atomic E-state index is -1.02. The molecular weight excluding hydrogens is 607 g/mol. The lowest BCUT2D eigenvalue weighted by Gasteiger charge is -2.40. The minimum Gasteiger partial charge on any atom is -0.466 e. The SMILES string of the molecule is CCOC(=O)CCCCc1cc(Nc2cc(C)[nH]n2)nc(N2CCC(OC)(C(=O)N[C@@H](C)c3ccc(-n4cc(F)cn4)nc3)CC2)n1. The molecule has 250 valence electrons. The molecule has 1 fully saturated rings. The normalized spacial score (nSPS) is 14.9. The van der Waals surface area contributed by atoms with Gasteiger partial charge in [-0.1, -0.05) is 6.07 Å². The number of aryl methyl sites for hydroxylation is 2. The van der Waals surface area contributed by atoms with Crippen LogP contribution in [-0.2, 0) is 25.5 Å². The number of aromatic amines is 1. The number of aromatic nitrogens is 7. The second-order valence-electron chi connectivity index (χ2n) is 11.6. The van der Waals surface area contributed by atoms with Crippen molar-refractivity contribution in [3.63, 3.8) is 0 Å².